The quantitative estimate of drug-likeness (QED) is 0.333. The number of carboxylic acids is 1. The maximum atomic E-state index is 13.0. The van der Waals surface area contributed by atoms with E-state index >= 15 is 0 Å². The monoisotopic (exact) mass is 466 g/mol. The molecule has 4 atom stereocenters. The predicted octanol–water partition coefficient (Wildman–Crippen LogP) is 4.26. The van der Waals surface area contributed by atoms with Crippen molar-refractivity contribution in [2.24, 2.45) is 28.8 Å². The lowest BCUT2D eigenvalue weighted by Crippen LogP contribution is -2.28. The number of benzene rings is 3. The molecule has 3 aromatic carbocycles. The number of nitrogens with zero attached hydrogens (tertiary/aromatic N) is 2. The molecule has 1 aliphatic heterocycles. The third kappa shape index (κ3) is 3.51. The molecule has 1 heterocycles. The van der Waals surface area contributed by atoms with Crippen molar-refractivity contribution in [1.82, 2.24) is 5.01 Å². The maximum Gasteiger partial charge on any atom is 0.335 e. The zero-order valence-electron chi connectivity index (χ0n) is 18.7. The van der Waals surface area contributed by atoms with Gasteiger partial charge in [-0.2, -0.15) is 10.1 Å². The van der Waals surface area contributed by atoms with Gasteiger partial charge in [-0.15, -0.1) is 0 Å². The number of hydrogen-bond donors (Lipinski definition) is 1. The molecule has 1 saturated carbocycles. The molecule has 2 amide bonds. The van der Waals surface area contributed by atoms with Gasteiger partial charge in [0.1, 0.15) is 12.4 Å². The van der Waals surface area contributed by atoms with Gasteiger partial charge in [0.05, 0.1) is 23.6 Å². The van der Waals surface area contributed by atoms with Crippen LogP contribution in [0.25, 0.3) is 10.8 Å². The molecule has 2 aliphatic carbocycles. The molecule has 7 nitrogen and oxygen atoms in total. The highest BCUT2D eigenvalue weighted by molar-refractivity contribution is 6.08. The molecular weight excluding hydrogens is 444 g/mol. The van der Waals surface area contributed by atoms with Crippen molar-refractivity contribution >= 4 is 34.8 Å². The van der Waals surface area contributed by atoms with Crippen LogP contribution in [0.5, 0.6) is 5.75 Å². The first-order valence-electron chi connectivity index (χ1n) is 11.6. The fourth-order valence-corrected chi connectivity index (χ4v) is 5.56. The van der Waals surface area contributed by atoms with Gasteiger partial charge in [-0.25, -0.2) is 4.79 Å². The number of carbonyl (C=O) groups excluding carboxylic acids is 2. The fourth-order valence-electron chi connectivity index (χ4n) is 5.56. The highest BCUT2D eigenvalue weighted by atomic mass is 16.5. The van der Waals surface area contributed by atoms with E-state index in [1.165, 1.54) is 18.3 Å². The van der Waals surface area contributed by atoms with Crippen molar-refractivity contribution in [3.05, 3.63) is 89.5 Å². The molecule has 2 bridgehead atoms. The van der Waals surface area contributed by atoms with E-state index in [4.69, 9.17) is 9.84 Å². The van der Waals surface area contributed by atoms with E-state index in [1.54, 1.807) is 12.1 Å². The van der Waals surface area contributed by atoms with Crippen LogP contribution in [0.3, 0.4) is 0 Å². The number of imide groups is 1. The third-order valence-corrected chi connectivity index (χ3v) is 7.28. The van der Waals surface area contributed by atoms with E-state index in [1.807, 2.05) is 36.4 Å². The Morgan fingerprint density at radius 1 is 0.971 bits per heavy atom. The van der Waals surface area contributed by atoms with Crippen LogP contribution in [0.2, 0.25) is 0 Å². The average Bonchev–Trinajstić information content (AvgIpc) is 3.56. The van der Waals surface area contributed by atoms with Crippen LogP contribution in [0, 0.1) is 23.7 Å². The van der Waals surface area contributed by atoms with Crippen molar-refractivity contribution in [2.45, 2.75) is 13.0 Å². The summed E-state index contributed by atoms with van der Waals surface area (Å²) in [7, 11) is 0. The van der Waals surface area contributed by atoms with Crippen molar-refractivity contribution < 1.29 is 24.2 Å². The normalized spacial score (nSPS) is 24.6. The van der Waals surface area contributed by atoms with Crippen LogP contribution in [0.15, 0.2) is 77.9 Å². The van der Waals surface area contributed by atoms with Gasteiger partial charge in [-0.3, -0.25) is 9.59 Å². The Kier molecular flexibility index (Phi) is 4.99. The highest BCUT2D eigenvalue weighted by Gasteiger charge is 2.59. The molecule has 7 heteroatoms. The van der Waals surface area contributed by atoms with Gasteiger partial charge in [0.25, 0.3) is 11.8 Å². The smallest absolute Gasteiger partial charge is 0.335 e. The van der Waals surface area contributed by atoms with E-state index in [-0.39, 0.29) is 47.7 Å². The summed E-state index contributed by atoms with van der Waals surface area (Å²) in [6.45, 7) is 0.222. The van der Waals surface area contributed by atoms with Crippen LogP contribution >= 0.6 is 0 Å². The maximum absolute atomic E-state index is 13.0. The van der Waals surface area contributed by atoms with Crippen LogP contribution < -0.4 is 4.74 Å². The number of carboxylic acid groups (broad SMARTS) is 1. The van der Waals surface area contributed by atoms with Crippen LogP contribution in [0.1, 0.15) is 27.9 Å². The molecule has 174 valence electrons. The summed E-state index contributed by atoms with van der Waals surface area (Å²) >= 11 is 0. The zero-order valence-corrected chi connectivity index (χ0v) is 18.7. The predicted molar refractivity (Wildman–Crippen MR) is 129 cm³/mol. The summed E-state index contributed by atoms with van der Waals surface area (Å²) in [5, 5.41) is 16.4. The van der Waals surface area contributed by atoms with Crippen molar-refractivity contribution in [2.75, 3.05) is 0 Å². The number of amides is 2. The number of carbonyl (C=O) groups is 3. The van der Waals surface area contributed by atoms with E-state index < -0.39 is 5.97 Å². The number of hydrazone groups is 1. The Bertz CT molecular complexity index is 1400. The summed E-state index contributed by atoms with van der Waals surface area (Å²) in [5.41, 5.74) is 1.69. The minimum atomic E-state index is -0.982. The number of ether oxygens (including phenoxy) is 1. The number of hydrogen-bond acceptors (Lipinski definition) is 5. The van der Waals surface area contributed by atoms with Crippen molar-refractivity contribution in [3.63, 3.8) is 0 Å². The minimum absolute atomic E-state index is 0.130. The highest BCUT2D eigenvalue weighted by Crippen LogP contribution is 2.52. The minimum Gasteiger partial charge on any atom is -0.488 e. The van der Waals surface area contributed by atoms with Gasteiger partial charge in [-0.1, -0.05) is 54.6 Å². The molecule has 6 rings (SSSR count). The summed E-state index contributed by atoms with van der Waals surface area (Å²) in [4.78, 5) is 37.1. The molecule has 0 spiro atoms. The molecule has 0 aromatic heterocycles. The first-order valence-corrected chi connectivity index (χ1v) is 11.6. The van der Waals surface area contributed by atoms with Gasteiger partial charge < -0.3 is 9.84 Å². The van der Waals surface area contributed by atoms with E-state index in [0.29, 0.717) is 11.3 Å². The molecular formula is C28H22N2O5. The Hall–Kier alpha value is -4.26. The molecule has 3 aliphatic rings. The zero-order chi connectivity index (χ0) is 24.1. The van der Waals surface area contributed by atoms with E-state index in [2.05, 4.69) is 17.3 Å². The first-order chi connectivity index (χ1) is 17.0. The van der Waals surface area contributed by atoms with Gasteiger partial charge in [0.2, 0.25) is 0 Å². The van der Waals surface area contributed by atoms with Crippen molar-refractivity contribution in [3.8, 4) is 5.75 Å². The fraction of sp³-hybridized carbons (Fsp3) is 0.214. The largest absolute Gasteiger partial charge is 0.488 e. The summed E-state index contributed by atoms with van der Waals surface area (Å²) < 4.78 is 6.08. The van der Waals surface area contributed by atoms with Crippen LogP contribution in [0.4, 0.5) is 0 Å². The molecule has 1 saturated heterocycles. The van der Waals surface area contributed by atoms with Crippen molar-refractivity contribution in [1.29, 1.82) is 0 Å². The number of allylic oxidation sites excluding steroid dienone is 2. The standard InChI is InChI=1S/C28H22N2O5/c31-26-24-19-9-10-20(13-19)25(24)27(32)30(26)29-14-22-21-4-2-1-3-17(21)11-12-23(22)35-15-16-5-7-18(8-6-16)28(33)34/h1-12,14,19-20,24-25H,13,15H2,(H,33,34)/t19-,20-,24-,25+/m0/s1. The Morgan fingerprint density at radius 3 is 2.34 bits per heavy atom. The number of aromatic carboxylic acids is 1. The average molecular weight is 466 g/mol. The van der Waals surface area contributed by atoms with Crippen LogP contribution in [-0.4, -0.2) is 34.1 Å². The molecule has 2 fully saturated rings. The Labute approximate surface area is 201 Å². The molecule has 0 unspecified atom stereocenters. The molecule has 1 N–H and O–H groups in total. The first kappa shape index (κ1) is 21.3. The molecule has 0 radical (unpaired) electrons. The van der Waals surface area contributed by atoms with Gasteiger partial charge >= 0.3 is 5.97 Å². The van der Waals surface area contributed by atoms with Crippen LogP contribution in [-0.2, 0) is 16.2 Å². The molecule has 35 heavy (non-hydrogen) atoms. The second kappa shape index (κ2) is 8.20. The second-order valence-electron chi connectivity index (χ2n) is 9.22. The van der Waals surface area contributed by atoms with Gasteiger partial charge in [0.15, 0.2) is 0 Å². The lowest BCUT2D eigenvalue weighted by atomic mass is 9.85. The summed E-state index contributed by atoms with van der Waals surface area (Å²) in [6, 6.07) is 18.0. The van der Waals surface area contributed by atoms with E-state index in [9.17, 15) is 14.4 Å². The molecule has 3 aromatic rings. The second-order valence-corrected chi connectivity index (χ2v) is 9.22. The summed E-state index contributed by atoms with van der Waals surface area (Å²) in [6.07, 6.45) is 6.53. The SMILES string of the molecule is O=C(O)c1ccc(COc2ccc3ccccc3c2C=NN2C(=O)[C@@H]3[C@H](C2=O)[C@H]2C=C[C@H]3C2)cc1. The lowest BCUT2D eigenvalue weighted by molar-refractivity contribution is -0.140. The van der Waals surface area contributed by atoms with E-state index in [0.717, 1.165) is 27.8 Å². The Balaban J connectivity index is 1.29. The number of fused-ring (bicyclic) bond motifs is 6. The Morgan fingerprint density at radius 2 is 1.66 bits per heavy atom. The van der Waals surface area contributed by atoms with Gasteiger partial charge in [-0.05, 0) is 52.8 Å². The number of rotatable bonds is 6. The summed E-state index contributed by atoms with van der Waals surface area (Å²) in [5.74, 6) is -1.22. The lowest BCUT2D eigenvalue weighted by Gasteiger charge is -2.14. The third-order valence-electron chi connectivity index (χ3n) is 7.28. The topological polar surface area (TPSA) is 96.3 Å². The van der Waals surface area contributed by atoms with Gasteiger partial charge in [0, 0.05) is 5.56 Å².